The zero-order chi connectivity index (χ0) is 11.7. The molecule has 16 heavy (non-hydrogen) atoms. The molecule has 0 fully saturated rings. The van der Waals surface area contributed by atoms with Gasteiger partial charge in [0, 0.05) is 11.3 Å². The van der Waals surface area contributed by atoms with Crippen molar-refractivity contribution in [1.82, 2.24) is 0 Å². The molecule has 0 aliphatic heterocycles. The molecule has 0 unspecified atom stereocenters. The Morgan fingerprint density at radius 1 is 1.12 bits per heavy atom. The first-order valence-corrected chi connectivity index (χ1v) is 5.27. The molecule has 2 rings (SSSR count). The average molecular weight is 236 g/mol. The van der Waals surface area contributed by atoms with Crippen LogP contribution in [0.1, 0.15) is 5.56 Å². The van der Waals surface area contributed by atoms with E-state index in [1.807, 2.05) is 25.1 Å². The third-order valence-corrected chi connectivity index (χ3v) is 2.73. The lowest BCUT2D eigenvalue weighted by molar-refractivity contribution is 0.628. The van der Waals surface area contributed by atoms with Crippen LogP contribution in [0.15, 0.2) is 36.4 Å². The van der Waals surface area contributed by atoms with Gasteiger partial charge in [-0.3, -0.25) is 0 Å². The van der Waals surface area contributed by atoms with E-state index in [2.05, 4.69) is 0 Å². The molecule has 0 heterocycles. The maximum absolute atomic E-state index is 13.0. The summed E-state index contributed by atoms with van der Waals surface area (Å²) in [6.45, 7) is 1.97. The Kier molecular flexibility index (Phi) is 2.84. The summed E-state index contributed by atoms with van der Waals surface area (Å²) in [5, 5.41) is 0.109. The third-order valence-electron chi connectivity index (χ3n) is 2.44. The Balaban J connectivity index is 2.54. The second kappa shape index (κ2) is 4.14. The van der Waals surface area contributed by atoms with Crippen LogP contribution in [0.5, 0.6) is 0 Å². The molecule has 0 saturated heterocycles. The van der Waals surface area contributed by atoms with Crippen LogP contribution in [0, 0.1) is 12.7 Å². The molecule has 0 bridgehead atoms. The molecule has 1 nitrogen and oxygen atoms in total. The molecule has 2 aromatic rings. The highest BCUT2D eigenvalue weighted by Crippen LogP contribution is 2.29. The largest absolute Gasteiger partial charge is 0.398 e. The normalized spacial score (nSPS) is 10.4. The fourth-order valence-corrected chi connectivity index (χ4v) is 1.79. The van der Waals surface area contributed by atoms with Gasteiger partial charge < -0.3 is 5.73 Å². The first-order valence-electron chi connectivity index (χ1n) is 4.89. The van der Waals surface area contributed by atoms with Crippen molar-refractivity contribution in [1.29, 1.82) is 0 Å². The van der Waals surface area contributed by atoms with Gasteiger partial charge in [-0.1, -0.05) is 29.8 Å². The number of nitrogens with two attached hydrogens (primary N) is 1. The molecule has 0 amide bonds. The predicted octanol–water partition coefficient (Wildman–Crippen LogP) is 4.04. The maximum atomic E-state index is 13.0. The summed E-state index contributed by atoms with van der Waals surface area (Å²) in [5.41, 5.74) is 9.36. The highest BCUT2D eigenvalue weighted by Gasteiger charge is 2.05. The number of rotatable bonds is 1. The molecule has 2 aromatic carbocycles. The van der Waals surface area contributed by atoms with Crippen molar-refractivity contribution < 1.29 is 4.39 Å². The van der Waals surface area contributed by atoms with E-state index in [9.17, 15) is 4.39 Å². The second-order valence-corrected chi connectivity index (χ2v) is 4.13. The lowest BCUT2D eigenvalue weighted by Crippen LogP contribution is -1.91. The van der Waals surface area contributed by atoms with Gasteiger partial charge in [0.2, 0.25) is 0 Å². The molecule has 0 spiro atoms. The number of hydrogen-bond donors (Lipinski definition) is 1. The summed E-state index contributed by atoms with van der Waals surface area (Å²) in [5.74, 6) is -0.420. The quantitative estimate of drug-likeness (QED) is 0.742. The number of anilines is 1. The Morgan fingerprint density at radius 2 is 1.88 bits per heavy atom. The van der Waals surface area contributed by atoms with E-state index in [1.54, 1.807) is 12.1 Å². The van der Waals surface area contributed by atoms with Crippen LogP contribution in [0.2, 0.25) is 5.02 Å². The van der Waals surface area contributed by atoms with Crippen LogP contribution in [0.4, 0.5) is 10.1 Å². The number of halogens is 2. The lowest BCUT2D eigenvalue weighted by atomic mass is 10.0. The molecule has 0 radical (unpaired) electrons. The van der Waals surface area contributed by atoms with Gasteiger partial charge in [0.25, 0.3) is 0 Å². The van der Waals surface area contributed by atoms with E-state index < -0.39 is 5.82 Å². The van der Waals surface area contributed by atoms with Crippen molar-refractivity contribution in [2.24, 2.45) is 0 Å². The molecule has 3 heteroatoms. The predicted molar refractivity (Wildman–Crippen MR) is 66.0 cm³/mol. The molecular weight excluding hydrogens is 225 g/mol. The summed E-state index contributed by atoms with van der Waals surface area (Å²) in [6.07, 6.45) is 0. The van der Waals surface area contributed by atoms with Crippen LogP contribution in [-0.4, -0.2) is 0 Å². The molecule has 0 aliphatic rings. The summed E-state index contributed by atoms with van der Waals surface area (Å²) in [4.78, 5) is 0. The van der Waals surface area contributed by atoms with E-state index in [-0.39, 0.29) is 5.02 Å². The van der Waals surface area contributed by atoms with E-state index in [1.165, 1.54) is 6.07 Å². The Labute approximate surface area is 98.7 Å². The van der Waals surface area contributed by atoms with Gasteiger partial charge in [-0.15, -0.1) is 0 Å². The number of aryl methyl sites for hydroxylation is 1. The summed E-state index contributed by atoms with van der Waals surface area (Å²) >= 11 is 5.73. The highest BCUT2D eigenvalue weighted by molar-refractivity contribution is 6.31. The van der Waals surface area contributed by atoms with E-state index in [0.717, 1.165) is 16.7 Å². The fourth-order valence-electron chi connectivity index (χ4n) is 1.61. The molecule has 0 aromatic heterocycles. The molecular formula is C13H11ClFN. The Morgan fingerprint density at radius 3 is 2.50 bits per heavy atom. The minimum absolute atomic E-state index is 0.109. The van der Waals surface area contributed by atoms with E-state index in [4.69, 9.17) is 17.3 Å². The SMILES string of the molecule is Cc1ccc(-c2ccc(F)c(Cl)c2)c(N)c1. The van der Waals surface area contributed by atoms with Gasteiger partial charge in [0.05, 0.1) is 5.02 Å². The first-order chi connectivity index (χ1) is 7.58. The van der Waals surface area contributed by atoms with Crippen molar-refractivity contribution in [2.45, 2.75) is 6.92 Å². The molecule has 82 valence electrons. The summed E-state index contributed by atoms with van der Waals surface area (Å²) < 4.78 is 13.0. The van der Waals surface area contributed by atoms with Gasteiger partial charge in [0.15, 0.2) is 0 Å². The molecule has 0 saturated carbocycles. The summed E-state index contributed by atoms with van der Waals surface area (Å²) in [6, 6.07) is 10.3. The van der Waals surface area contributed by atoms with Crippen LogP contribution >= 0.6 is 11.6 Å². The molecule has 0 aliphatic carbocycles. The van der Waals surface area contributed by atoms with Gasteiger partial charge >= 0.3 is 0 Å². The van der Waals surface area contributed by atoms with Crippen molar-refractivity contribution in [3.05, 3.63) is 52.8 Å². The van der Waals surface area contributed by atoms with Crippen molar-refractivity contribution in [3.63, 3.8) is 0 Å². The number of hydrogen-bond acceptors (Lipinski definition) is 1. The van der Waals surface area contributed by atoms with Crippen molar-refractivity contribution in [3.8, 4) is 11.1 Å². The van der Waals surface area contributed by atoms with Gasteiger partial charge in [-0.25, -0.2) is 4.39 Å². The maximum Gasteiger partial charge on any atom is 0.141 e. The topological polar surface area (TPSA) is 26.0 Å². The number of benzene rings is 2. The third kappa shape index (κ3) is 2.02. The minimum Gasteiger partial charge on any atom is -0.398 e. The lowest BCUT2D eigenvalue weighted by Gasteiger charge is -2.07. The monoisotopic (exact) mass is 235 g/mol. The van der Waals surface area contributed by atoms with Crippen LogP contribution < -0.4 is 5.73 Å². The number of nitrogen functional groups attached to an aromatic ring is 1. The second-order valence-electron chi connectivity index (χ2n) is 3.72. The highest BCUT2D eigenvalue weighted by atomic mass is 35.5. The van der Waals surface area contributed by atoms with Crippen LogP contribution in [0.3, 0.4) is 0 Å². The molecule has 2 N–H and O–H groups in total. The van der Waals surface area contributed by atoms with Crippen LogP contribution in [-0.2, 0) is 0 Å². The average Bonchev–Trinajstić information content (AvgIpc) is 2.22. The zero-order valence-corrected chi connectivity index (χ0v) is 9.55. The zero-order valence-electron chi connectivity index (χ0n) is 8.80. The summed E-state index contributed by atoms with van der Waals surface area (Å²) in [7, 11) is 0. The Bertz CT molecular complexity index is 537. The smallest absolute Gasteiger partial charge is 0.141 e. The van der Waals surface area contributed by atoms with E-state index in [0.29, 0.717) is 5.69 Å². The minimum atomic E-state index is -0.420. The molecule has 0 atom stereocenters. The van der Waals surface area contributed by atoms with Gasteiger partial charge in [-0.05, 0) is 36.2 Å². The van der Waals surface area contributed by atoms with Crippen LogP contribution in [0.25, 0.3) is 11.1 Å². The van der Waals surface area contributed by atoms with Crippen molar-refractivity contribution in [2.75, 3.05) is 5.73 Å². The Hall–Kier alpha value is -1.54. The van der Waals surface area contributed by atoms with Gasteiger partial charge in [-0.2, -0.15) is 0 Å². The van der Waals surface area contributed by atoms with Gasteiger partial charge in [0.1, 0.15) is 5.82 Å². The fraction of sp³-hybridized carbons (Fsp3) is 0.0769. The first kappa shape index (κ1) is 11.0. The standard InChI is InChI=1S/C13H11ClFN/c1-8-2-4-10(13(16)6-8)9-3-5-12(15)11(14)7-9/h2-7H,16H2,1H3. The van der Waals surface area contributed by atoms with Crippen molar-refractivity contribution >= 4 is 17.3 Å². The van der Waals surface area contributed by atoms with E-state index >= 15 is 0 Å².